The van der Waals surface area contributed by atoms with Gasteiger partial charge in [0.1, 0.15) is 5.75 Å². The molecule has 23 heavy (non-hydrogen) atoms. The van der Waals surface area contributed by atoms with Gasteiger partial charge in [0.15, 0.2) is 6.10 Å². The van der Waals surface area contributed by atoms with Crippen molar-refractivity contribution in [3.05, 3.63) is 52.8 Å². The van der Waals surface area contributed by atoms with E-state index in [1.165, 1.54) is 0 Å². The largest absolute Gasteiger partial charge is 0.481 e. The number of benzene rings is 1. The number of rotatable bonds is 5. The zero-order valence-corrected chi connectivity index (χ0v) is 13.3. The molecule has 1 aromatic heterocycles. The van der Waals surface area contributed by atoms with Gasteiger partial charge in [0.2, 0.25) is 0 Å². The summed E-state index contributed by atoms with van der Waals surface area (Å²) in [5.41, 5.74) is 5.93. The summed E-state index contributed by atoms with van der Waals surface area (Å²) in [6.45, 7) is 5.53. The van der Waals surface area contributed by atoms with Crippen LogP contribution in [0.4, 0.5) is 0 Å². The SMILES string of the molecule is Cc1cc(/C=N/NC(=O)[C@@H](C)Oc2ccc(C#N)cc2)c(C)[nH]1. The number of aryl methyl sites for hydroxylation is 2. The summed E-state index contributed by atoms with van der Waals surface area (Å²) in [7, 11) is 0. The highest BCUT2D eigenvalue weighted by atomic mass is 16.5. The lowest BCUT2D eigenvalue weighted by Crippen LogP contribution is -2.33. The molecule has 0 fully saturated rings. The van der Waals surface area contributed by atoms with Crippen LogP contribution in [0.2, 0.25) is 0 Å². The van der Waals surface area contributed by atoms with E-state index in [9.17, 15) is 4.79 Å². The van der Waals surface area contributed by atoms with Crippen molar-refractivity contribution in [2.45, 2.75) is 26.9 Å². The molecule has 0 aliphatic rings. The predicted molar refractivity (Wildman–Crippen MR) is 87.3 cm³/mol. The molecule has 0 unspecified atom stereocenters. The molecule has 0 saturated heterocycles. The summed E-state index contributed by atoms with van der Waals surface area (Å²) < 4.78 is 5.50. The summed E-state index contributed by atoms with van der Waals surface area (Å²) in [5.74, 6) is 0.170. The van der Waals surface area contributed by atoms with Crippen molar-refractivity contribution >= 4 is 12.1 Å². The third-order valence-corrected chi connectivity index (χ3v) is 3.23. The van der Waals surface area contributed by atoms with E-state index in [2.05, 4.69) is 15.5 Å². The molecule has 1 heterocycles. The van der Waals surface area contributed by atoms with E-state index >= 15 is 0 Å². The Balaban J connectivity index is 1.89. The van der Waals surface area contributed by atoms with Crippen LogP contribution in [0.1, 0.15) is 29.4 Å². The summed E-state index contributed by atoms with van der Waals surface area (Å²) in [6.07, 6.45) is 0.889. The van der Waals surface area contributed by atoms with Gasteiger partial charge in [0.25, 0.3) is 5.91 Å². The van der Waals surface area contributed by atoms with Crippen LogP contribution in [0.5, 0.6) is 5.75 Å². The van der Waals surface area contributed by atoms with Gasteiger partial charge < -0.3 is 9.72 Å². The van der Waals surface area contributed by atoms with Crippen molar-refractivity contribution in [1.82, 2.24) is 10.4 Å². The van der Waals surface area contributed by atoms with Crippen molar-refractivity contribution in [3.8, 4) is 11.8 Å². The summed E-state index contributed by atoms with van der Waals surface area (Å²) in [6, 6.07) is 10.5. The number of carbonyl (C=O) groups is 1. The van der Waals surface area contributed by atoms with Gasteiger partial charge in [-0.25, -0.2) is 5.43 Å². The molecular weight excluding hydrogens is 292 g/mol. The standard InChI is InChI=1S/C17H18N4O2/c1-11-8-15(12(2)20-11)10-19-21-17(22)13(3)23-16-6-4-14(9-18)5-7-16/h4-8,10,13,20H,1-3H3,(H,21,22)/b19-10+/t13-/m1/s1. The third kappa shape index (κ3) is 4.45. The summed E-state index contributed by atoms with van der Waals surface area (Å²) in [4.78, 5) is 15.1. The van der Waals surface area contributed by atoms with Crippen LogP contribution >= 0.6 is 0 Å². The number of amides is 1. The number of hydrazone groups is 1. The molecule has 0 radical (unpaired) electrons. The number of hydrogen-bond acceptors (Lipinski definition) is 4. The number of aromatic amines is 1. The van der Waals surface area contributed by atoms with Crippen molar-refractivity contribution in [1.29, 1.82) is 5.26 Å². The molecule has 2 aromatic rings. The van der Waals surface area contributed by atoms with Gasteiger partial charge in [0, 0.05) is 17.0 Å². The molecule has 118 valence electrons. The quantitative estimate of drug-likeness (QED) is 0.656. The first-order valence-electron chi connectivity index (χ1n) is 7.15. The van der Waals surface area contributed by atoms with Crippen LogP contribution in [0.3, 0.4) is 0 Å². The molecule has 1 atom stereocenters. The van der Waals surface area contributed by atoms with Crippen molar-refractivity contribution < 1.29 is 9.53 Å². The van der Waals surface area contributed by atoms with Gasteiger partial charge in [-0.2, -0.15) is 10.4 Å². The Kier molecular flexibility index (Phi) is 5.15. The predicted octanol–water partition coefficient (Wildman–Crippen LogP) is 2.42. The lowest BCUT2D eigenvalue weighted by atomic mass is 10.2. The Morgan fingerprint density at radius 3 is 2.65 bits per heavy atom. The van der Waals surface area contributed by atoms with Crippen molar-refractivity contribution in [3.63, 3.8) is 0 Å². The summed E-state index contributed by atoms with van der Waals surface area (Å²) >= 11 is 0. The van der Waals surface area contributed by atoms with Crippen LogP contribution in [0, 0.1) is 25.2 Å². The Labute approximate surface area is 134 Å². The van der Waals surface area contributed by atoms with Crippen LogP contribution in [0.25, 0.3) is 0 Å². The number of aromatic nitrogens is 1. The molecule has 0 spiro atoms. The average Bonchev–Trinajstić information content (AvgIpc) is 2.85. The lowest BCUT2D eigenvalue weighted by Gasteiger charge is -2.12. The van der Waals surface area contributed by atoms with E-state index in [1.807, 2.05) is 26.0 Å². The first-order valence-corrected chi connectivity index (χ1v) is 7.15. The molecular formula is C17H18N4O2. The Hall–Kier alpha value is -3.07. The van der Waals surface area contributed by atoms with Gasteiger partial charge >= 0.3 is 0 Å². The Morgan fingerprint density at radius 2 is 2.09 bits per heavy atom. The maximum atomic E-state index is 11.9. The number of nitrogens with one attached hydrogen (secondary N) is 2. The smallest absolute Gasteiger partial charge is 0.280 e. The van der Waals surface area contributed by atoms with Crippen LogP contribution < -0.4 is 10.2 Å². The first kappa shape index (κ1) is 16.3. The van der Waals surface area contributed by atoms with E-state index < -0.39 is 6.10 Å². The highest BCUT2D eigenvalue weighted by Gasteiger charge is 2.13. The van der Waals surface area contributed by atoms with E-state index in [1.54, 1.807) is 37.4 Å². The fourth-order valence-corrected chi connectivity index (χ4v) is 2.00. The molecule has 2 rings (SSSR count). The maximum absolute atomic E-state index is 11.9. The zero-order chi connectivity index (χ0) is 16.8. The molecule has 0 bridgehead atoms. The average molecular weight is 310 g/mol. The lowest BCUT2D eigenvalue weighted by molar-refractivity contribution is -0.127. The number of H-pyrrole nitrogens is 1. The zero-order valence-electron chi connectivity index (χ0n) is 13.3. The highest BCUT2D eigenvalue weighted by Crippen LogP contribution is 2.13. The molecule has 0 aliphatic carbocycles. The Bertz CT molecular complexity index is 754. The first-order chi connectivity index (χ1) is 11.0. The second-order valence-corrected chi connectivity index (χ2v) is 5.16. The summed E-state index contributed by atoms with van der Waals surface area (Å²) in [5, 5.41) is 12.7. The normalized spacial score (nSPS) is 11.9. The number of nitriles is 1. The van der Waals surface area contributed by atoms with E-state index in [-0.39, 0.29) is 5.91 Å². The van der Waals surface area contributed by atoms with Crippen molar-refractivity contribution in [2.75, 3.05) is 0 Å². The van der Waals surface area contributed by atoms with Gasteiger partial charge in [-0.3, -0.25) is 4.79 Å². The van der Waals surface area contributed by atoms with Crippen LogP contribution in [-0.4, -0.2) is 23.2 Å². The second-order valence-electron chi connectivity index (χ2n) is 5.16. The van der Waals surface area contributed by atoms with Gasteiger partial charge in [-0.15, -0.1) is 0 Å². The fraction of sp³-hybridized carbons (Fsp3) is 0.235. The molecule has 2 N–H and O–H groups in total. The van der Waals surface area contributed by atoms with Gasteiger partial charge in [-0.1, -0.05) is 0 Å². The molecule has 6 heteroatoms. The highest BCUT2D eigenvalue weighted by molar-refractivity contribution is 5.85. The van der Waals surface area contributed by atoms with Gasteiger partial charge in [0.05, 0.1) is 17.8 Å². The second kappa shape index (κ2) is 7.27. The number of hydrogen-bond donors (Lipinski definition) is 2. The van der Waals surface area contributed by atoms with Crippen molar-refractivity contribution in [2.24, 2.45) is 5.10 Å². The molecule has 1 aromatic carbocycles. The number of ether oxygens (including phenoxy) is 1. The maximum Gasteiger partial charge on any atom is 0.280 e. The van der Waals surface area contributed by atoms with E-state index in [0.717, 1.165) is 17.0 Å². The molecule has 6 nitrogen and oxygen atoms in total. The third-order valence-electron chi connectivity index (χ3n) is 3.23. The minimum atomic E-state index is -0.700. The van der Waals surface area contributed by atoms with E-state index in [4.69, 9.17) is 10.00 Å². The van der Waals surface area contributed by atoms with Crippen LogP contribution in [-0.2, 0) is 4.79 Å². The van der Waals surface area contributed by atoms with Gasteiger partial charge in [-0.05, 0) is 51.1 Å². The monoisotopic (exact) mass is 310 g/mol. The molecule has 0 aliphatic heterocycles. The van der Waals surface area contributed by atoms with E-state index in [0.29, 0.717) is 11.3 Å². The fourth-order valence-electron chi connectivity index (χ4n) is 2.00. The topological polar surface area (TPSA) is 90.3 Å². The number of carbonyl (C=O) groups excluding carboxylic acids is 1. The Morgan fingerprint density at radius 1 is 1.39 bits per heavy atom. The minimum Gasteiger partial charge on any atom is -0.481 e. The molecule has 1 amide bonds. The minimum absolute atomic E-state index is 0.351. The van der Waals surface area contributed by atoms with Crippen LogP contribution in [0.15, 0.2) is 35.4 Å². The number of nitrogens with zero attached hydrogens (tertiary/aromatic N) is 2. The molecule has 0 saturated carbocycles.